The summed E-state index contributed by atoms with van der Waals surface area (Å²) in [7, 11) is -6.87. The van der Waals surface area contributed by atoms with Crippen LogP contribution >= 0.6 is 7.14 Å². The van der Waals surface area contributed by atoms with Crippen LogP contribution in [0.4, 0.5) is 0 Å². The van der Waals surface area contributed by atoms with Crippen molar-refractivity contribution in [3.8, 4) is 17.2 Å². The standard InChI is InChI=1S/C38H39O5PS/c1-37(2,3)28-12-24-35(25-13-28)45(40,41)36-26-18-30(19-27-36)42-29-14-20-33(21-15-29)44(39,32-10-8-7-9-11-32)34-22-16-31(17-23-34)43-38(4,5)6/h7-27H,1-6H3. The van der Waals surface area contributed by atoms with Gasteiger partial charge < -0.3 is 14.0 Å². The SMILES string of the molecule is CC(C)(C)Oc1ccc(P(=O)(c2ccccc2)c2ccc(Oc3ccc(S(=O)(=O)c4ccc(C(C)(C)C)cc4)cc3)cc2)cc1. The summed E-state index contributed by atoms with van der Waals surface area (Å²) >= 11 is 0. The maximum atomic E-state index is 14.9. The van der Waals surface area contributed by atoms with Gasteiger partial charge in [0.25, 0.3) is 0 Å². The molecule has 0 heterocycles. The van der Waals surface area contributed by atoms with Crippen molar-refractivity contribution in [3.63, 3.8) is 0 Å². The molecule has 5 aromatic rings. The summed E-state index contributed by atoms with van der Waals surface area (Å²) < 4.78 is 53.4. The fourth-order valence-electron chi connectivity index (χ4n) is 4.98. The minimum atomic E-state index is -3.67. The molecule has 0 aliphatic carbocycles. The van der Waals surface area contributed by atoms with E-state index in [0.29, 0.717) is 27.9 Å². The van der Waals surface area contributed by atoms with Crippen LogP contribution in [0.5, 0.6) is 17.2 Å². The number of benzene rings is 5. The Labute approximate surface area is 267 Å². The second-order valence-corrected chi connectivity index (χ2v) is 17.7. The minimum absolute atomic E-state index is 0.0646. The van der Waals surface area contributed by atoms with Gasteiger partial charge in [-0.25, -0.2) is 8.42 Å². The summed E-state index contributed by atoms with van der Waals surface area (Å²) in [6.07, 6.45) is 0. The summed E-state index contributed by atoms with van der Waals surface area (Å²) in [4.78, 5) is 0.440. The Morgan fingerprint density at radius 1 is 0.511 bits per heavy atom. The summed E-state index contributed by atoms with van der Waals surface area (Å²) in [6, 6.07) is 37.5. The van der Waals surface area contributed by atoms with Crippen molar-refractivity contribution < 1.29 is 22.5 Å². The summed E-state index contributed by atoms with van der Waals surface area (Å²) in [5, 5.41) is 2.10. The Bertz CT molecular complexity index is 1900. The highest BCUT2D eigenvalue weighted by Crippen LogP contribution is 2.43. The first-order valence-corrected chi connectivity index (χ1v) is 18.0. The lowest BCUT2D eigenvalue weighted by Gasteiger charge is -2.23. The lowest BCUT2D eigenvalue weighted by Crippen LogP contribution is -2.26. The van der Waals surface area contributed by atoms with Crippen LogP contribution in [0, 0.1) is 0 Å². The molecule has 0 spiro atoms. The average molecular weight is 639 g/mol. The van der Waals surface area contributed by atoms with Gasteiger partial charge in [0.05, 0.1) is 9.79 Å². The number of rotatable bonds is 8. The Hall–Kier alpha value is -4.12. The van der Waals surface area contributed by atoms with E-state index in [2.05, 4.69) is 20.8 Å². The monoisotopic (exact) mass is 638 g/mol. The summed E-state index contributed by atoms with van der Waals surface area (Å²) in [5.41, 5.74) is 0.665. The minimum Gasteiger partial charge on any atom is -0.488 e. The van der Waals surface area contributed by atoms with E-state index in [0.717, 1.165) is 10.9 Å². The predicted octanol–water partition coefficient (Wildman–Crippen LogP) is 8.43. The molecule has 0 radical (unpaired) electrons. The molecule has 0 aromatic heterocycles. The zero-order chi connectivity index (χ0) is 32.5. The van der Waals surface area contributed by atoms with Crippen LogP contribution in [0.2, 0.25) is 0 Å². The largest absolute Gasteiger partial charge is 0.488 e. The van der Waals surface area contributed by atoms with E-state index in [9.17, 15) is 13.0 Å². The molecule has 1 unspecified atom stereocenters. The van der Waals surface area contributed by atoms with Gasteiger partial charge in [0, 0.05) is 15.9 Å². The van der Waals surface area contributed by atoms with Gasteiger partial charge in [-0.1, -0.05) is 63.2 Å². The molecular weight excluding hydrogens is 599 g/mol. The Kier molecular flexibility index (Phi) is 8.86. The normalized spacial score (nSPS) is 13.6. The maximum Gasteiger partial charge on any atom is 0.206 e. The fourth-order valence-corrected chi connectivity index (χ4v) is 8.87. The van der Waals surface area contributed by atoms with E-state index in [1.807, 2.05) is 99.6 Å². The zero-order valence-electron chi connectivity index (χ0n) is 26.5. The van der Waals surface area contributed by atoms with E-state index in [1.54, 1.807) is 48.5 Å². The molecule has 5 nitrogen and oxygen atoms in total. The van der Waals surface area contributed by atoms with Crippen molar-refractivity contribution in [1.82, 2.24) is 0 Å². The summed E-state index contributed by atoms with van der Waals surface area (Å²) in [5.74, 6) is 1.75. The average Bonchev–Trinajstić information content (AvgIpc) is 3.01. The Morgan fingerprint density at radius 3 is 1.36 bits per heavy atom. The van der Waals surface area contributed by atoms with Crippen LogP contribution < -0.4 is 25.4 Å². The molecule has 0 aliphatic rings. The molecule has 7 heteroatoms. The number of ether oxygens (including phenoxy) is 2. The third kappa shape index (κ3) is 7.24. The predicted molar refractivity (Wildman–Crippen MR) is 183 cm³/mol. The van der Waals surface area contributed by atoms with Gasteiger partial charge in [0.1, 0.15) is 22.8 Å². The van der Waals surface area contributed by atoms with Gasteiger partial charge in [0.15, 0.2) is 7.14 Å². The smallest absolute Gasteiger partial charge is 0.206 e. The van der Waals surface area contributed by atoms with Gasteiger partial charge in [0.2, 0.25) is 9.84 Å². The Morgan fingerprint density at radius 2 is 0.911 bits per heavy atom. The van der Waals surface area contributed by atoms with E-state index in [-0.39, 0.29) is 20.8 Å². The van der Waals surface area contributed by atoms with Gasteiger partial charge in [-0.2, -0.15) is 0 Å². The lowest BCUT2D eigenvalue weighted by molar-refractivity contribution is 0.131. The highest BCUT2D eigenvalue weighted by molar-refractivity contribution is 7.91. The van der Waals surface area contributed by atoms with Crippen molar-refractivity contribution in [1.29, 1.82) is 0 Å². The van der Waals surface area contributed by atoms with Crippen LogP contribution in [0.1, 0.15) is 47.1 Å². The van der Waals surface area contributed by atoms with Crippen LogP contribution in [0.15, 0.2) is 137 Å². The molecule has 1 atom stereocenters. The first kappa shape index (κ1) is 32.3. The van der Waals surface area contributed by atoms with Crippen LogP contribution in [-0.4, -0.2) is 14.0 Å². The molecule has 0 saturated heterocycles. The van der Waals surface area contributed by atoms with Crippen molar-refractivity contribution in [2.75, 3.05) is 0 Å². The number of hydrogen-bond donors (Lipinski definition) is 0. The van der Waals surface area contributed by atoms with Gasteiger partial charge in [-0.15, -0.1) is 0 Å². The topological polar surface area (TPSA) is 69.7 Å². The molecule has 0 N–H and O–H groups in total. The zero-order valence-corrected chi connectivity index (χ0v) is 28.2. The van der Waals surface area contributed by atoms with E-state index >= 15 is 0 Å². The maximum absolute atomic E-state index is 14.9. The van der Waals surface area contributed by atoms with Crippen LogP contribution in [0.3, 0.4) is 0 Å². The molecule has 0 fully saturated rings. The molecule has 232 valence electrons. The highest BCUT2D eigenvalue weighted by Gasteiger charge is 2.30. The molecule has 0 aliphatic heterocycles. The third-order valence-electron chi connectivity index (χ3n) is 7.34. The molecule has 5 rings (SSSR count). The van der Waals surface area contributed by atoms with E-state index in [1.165, 1.54) is 0 Å². The molecule has 0 amide bonds. The number of hydrogen-bond acceptors (Lipinski definition) is 5. The first-order chi connectivity index (χ1) is 21.2. The van der Waals surface area contributed by atoms with Gasteiger partial charge in [-0.05, 0) is 117 Å². The molecule has 5 aromatic carbocycles. The summed E-state index contributed by atoms with van der Waals surface area (Å²) in [6.45, 7) is 12.2. The second-order valence-electron chi connectivity index (χ2n) is 13.0. The second kappa shape index (κ2) is 12.3. The van der Waals surface area contributed by atoms with Gasteiger partial charge in [-0.3, -0.25) is 0 Å². The quantitative estimate of drug-likeness (QED) is 0.160. The van der Waals surface area contributed by atoms with Crippen LogP contribution in [0.25, 0.3) is 0 Å². The molecule has 0 saturated carbocycles. The number of sulfone groups is 1. The third-order valence-corrected chi connectivity index (χ3v) is 12.2. The lowest BCUT2D eigenvalue weighted by atomic mass is 9.87. The van der Waals surface area contributed by atoms with Gasteiger partial charge >= 0.3 is 0 Å². The van der Waals surface area contributed by atoms with E-state index < -0.39 is 17.0 Å². The fraction of sp³-hybridized carbons (Fsp3) is 0.211. The van der Waals surface area contributed by atoms with Crippen LogP contribution in [-0.2, 0) is 19.8 Å². The van der Waals surface area contributed by atoms with Crippen molar-refractivity contribution in [3.05, 3.63) is 133 Å². The molecule has 0 bridgehead atoms. The van der Waals surface area contributed by atoms with Crippen molar-refractivity contribution in [2.24, 2.45) is 0 Å². The highest BCUT2D eigenvalue weighted by atomic mass is 32.2. The molecular formula is C38H39O5PS. The van der Waals surface area contributed by atoms with E-state index in [4.69, 9.17) is 9.47 Å². The Balaban J connectivity index is 1.37. The first-order valence-electron chi connectivity index (χ1n) is 14.9. The van der Waals surface area contributed by atoms with Crippen molar-refractivity contribution in [2.45, 2.75) is 62.3 Å². The molecule has 45 heavy (non-hydrogen) atoms. The van der Waals surface area contributed by atoms with Crippen molar-refractivity contribution >= 4 is 32.9 Å².